The Hall–Kier alpha value is -0.800. The number of furan rings is 1. The molecular formula is C12H22N2O. The van der Waals surface area contributed by atoms with E-state index in [9.17, 15) is 0 Å². The van der Waals surface area contributed by atoms with E-state index in [-0.39, 0.29) is 0 Å². The molecule has 1 heterocycles. The zero-order valence-electron chi connectivity index (χ0n) is 10.3. The van der Waals surface area contributed by atoms with Crippen molar-refractivity contribution < 1.29 is 4.42 Å². The highest BCUT2D eigenvalue weighted by atomic mass is 16.3. The normalized spacial score (nSPS) is 11.3. The van der Waals surface area contributed by atoms with E-state index < -0.39 is 0 Å². The van der Waals surface area contributed by atoms with Crippen LogP contribution in [0.5, 0.6) is 0 Å². The second-order valence-electron chi connectivity index (χ2n) is 3.81. The second-order valence-corrected chi connectivity index (χ2v) is 3.81. The SMILES string of the molecule is CCN(CC)Cc1cc(C)c(CNC)o1. The Kier molecular flexibility index (Phi) is 4.85. The molecule has 0 radical (unpaired) electrons. The Labute approximate surface area is 92.5 Å². The predicted octanol–water partition coefficient (Wildman–Crippen LogP) is 2.15. The molecule has 1 N–H and O–H groups in total. The van der Waals surface area contributed by atoms with Gasteiger partial charge in [0.2, 0.25) is 0 Å². The molecule has 15 heavy (non-hydrogen) atoms. The first kappa shape index (κ1) is 12.3. The summed E-state index contributed by atoms with van der Waals surface area (Å²) >= 11 is 0. The Morgan fingerprint density at radius 1 is 1.33 bits per heavy atom. The number of hydrogen-bond donors (Lipinski definition) is 1. The van der Waals surface area contributed by atoms with Gasteiger partial charge >= 0.3 is 0 Å². The van der Waals surface area contributed by atoms with Crippen LogP contribution in [0.4, 0.5) is 0 Å². The summed E-state index contributed by atoms with van der Waals surface area (Å²) < 4.78 is 5.78. The van der Waals surface area contributed by atoms with Crippen molar-refractivity contribution in [3.05, 3.63) is 23.2 Å². The minimum absolute atomic E-state index is 0.810. The summed E-state index contributed by atoms with van der Waals surface area (Å²) in [6.07, 6.45) is 0. The third kappa shape index (κ3) is 3.36. The lowest BCUT2D eigenvalue weighted by atomic mass is 10.2. The number of nitrogens with zero attached hydrogens (tertiary/aromatic N) is 1. The summed E-state index contributed by atoms with van der Waals surface area (Å²) in [6.45, 7) is 10.3. The maximum absolute atomic E-state index is 5.78. The van der Waals surface area contributed by atoms with E-state index in [1.807, 2.05) is 7.05 Å². The minimum Gasteiger partial charge on any atom is -0.463 e. The van der Waals surface area contributed by atoms with Crippen LogP contribution in [0.3, 0.4) is 0 Å². The largest absolute Gasteiger partial charge is 0.463 e. The number of hydrogen-bond acceptors (Lipinski definition) is 3. The van der Waals surface area contributed by atoms with Crippen molar-refractivity contribution in [2.75, 3.05) is 20.1 Å². The number of aryl methyl sites for hydroxylation is 1. The molecule has 86 valence electrons. The fourth-order valence-corrected chi connectivity index (χ4v) is 1.67. The van der Waals surface area contributed by atoms with Crippen LogP contribution in [-0.4, -0.2) is 25.0 Å². The van der Waals surface area contributed by atoms with E-state index in [1.54, 1.807) is 0 Å². The van der Waals surface area contributed by atoms with E-state index in [1.165, 1.54) is 5.56 Å². The van der Waals surface area contributed by atoms with Crippen molar-refractivity contribution in [1.29, 1.82) is 0 Å². The molecule has 3 heteroatoms. The first-order valence-corrected chi connectivity index (χ1v) is 5.66. The fraction of sp³-hybridized carbons (Fsp3) is 0.667. The zero-order valence-corrected chi connectivity index (χ0v) is 10.3. The smallest absolute Gasteiger partial charge is 0.120 e. The van der Waals surface area contributed by atoms with Gasteiger partial charge in [0.25, 0.3) is 0 Å². The van der Waals surface area contributed by atoms with Crippen LogP contribution in [0, 0.1) is 6.92 Å². The quantitative estimate of drug-likeness (QED) is 0.780. The Balaban J connectivity index is 2.65. The van der Waals surface area contributed by atoms with Gasteiger partial charge in [0.1, 0.15) is 11.5 Å². The molecule has 0 atom stereocenters. The van der Waals surface area contributed by atoms with E-state index in [0.717, 1.165) is 37.7 Å². The maximum Gasteiger partial charge on any atom is 0.120 e. The highest BCUT2D eigenvalue weighted by Crippen LogP contribution is 2.16. The average molecular weight is 210 g/mol. The van der Waals surface area contributed by atoms with Gasteiger partial charge in [-0.15, -0.1) is 0 Å². The van der Waals surface area contributed by atoms with Crippen molar-refractivity contribution in [1.82, 2.24) is 10.2 Å². The summed E-state index contributed by atoms with van der Waals surface area (Å²) in [5.41, 5.74) is 1.24. The molecule has 0 saturated heterocycles. The van der Waals surface area contributed by atoms with Crippen LogP contribution in [0.2, 0.25) is 0 Å². The summed E-state index contributed by atoms with van der Waals surface area (Å²) in [4.78, 5) is 2.35. The van der Waals surface area contributed by atoms with Gasteiger partial charge in [-0.05, 0) is 38.7 Å². The third-order valence-electron chi connectivity index (χ3n) is 2.68. The first-order chi connectivity index (χ1) is 7.21. The lowest BCUT2D eigenvalue weighted by Gasteiger charge is -2.15. The van der Waals surface area contributed by atoms with E-state index in [0.29, 0.717) is 0 Å². The van der Waals surface area contributed by atoms with Gasteiger partial charge in [0.05, 0.1) is 13.1 Å². The molecule has 0 aliphatic rings. The van der Waals surface area contributed by atoms with Gasteiger partial charge in [-0.25, -0.2) is 0 Å². The molecule has 0 aromatic carbocycles. The molecule has 1 rings (SSSR count). The van der Waals surface area contributed by atoms with Gasteiger partial charge in [-0.3, -0.25) is 4.90 Å². The molecule has 0 amide bonds. The highest BCUT2D eigenvalue weighted by molar-refractivity contribution is 5.19. The minimum atomic E-state index is 0.810. The molecule has 0 aliphatic carbocycles. The maximum atomic E-state index is 5.78. The average Bonchev–Trinajstić information content (AvgIpc) is 2.57. The third-order valence-corrected chi connectivity index (χ3v) is 2.68. The lowest BCUT2D eigenvalue weighted by Crippen LogP contribution is -2.21. The molecular weight excluding hydrogens is 188 g/mol. The number of nitrogens with one attached hydrogen (secondary N) is 1. The van der Waals surface area contributed by atoms with Crippen molar-refractivity contribution in [3.63, 3.8) is 0 Å². The molecule has 0 spiro atoms. The van der Waals surface area contributed by atoms with E-state index in [2.05, 4.69) is 37.1 Å². The van der Waals surface area contributed by atoms with Gasteiger partial charge in [-0.1, -0.05) is 13.8 Å². The molecule has 1 aromatic rings. The monoisotopic (exact) mass is 210 g/mol. The van der Waals surface area contributed by atoms with Gasteiger partial charge in [0.15, 0.2) is 0 Å². The molecule has 0 fully saturated rings. The van der Waals surface area contributed by atoms with Crippen LogP contribution in [0.25, 0.3) is 0 Å². The summed E-state index contributed by atoms with van der Waals surface area (Å²) in [6, 6.07) is 2.14. The van der Waals surface area contributed by atoms with Crippen molar-refractivity contribution in [3.8, 4) is 0 Å². The van der Waals surface area contributed by atoms with E-state index >= 15 is 0 Å². The molecule has 0 bridgehead atoms. The summed E-state index contributed by atoms with van der Waals surface area (Å²) in [7, 11) is 1.94. The Morgan fingerprint density at radius 3 is 2.53 bits per heavy atom. The van der Waals surface area contributed by atoms with Gasteiger partial charge in [0, 0.05) is 0 Å². The van der Waals surface area contributed by atoms with Crippen LogP contribution in [0.1, 0.15) is 30.9 Å². The molecule has 0 unspecified atom stereocenters. The van der Waals surface area contributed by atoms with Crippen molar-refractivity contribution >= 4 is 0 Å². The van der Waals surface area contributed by atoms with Crippen LogP contribution in [-0.2, 0) is 13.1 Å². The summed E-state index contributed by atoms with van der Waals surface area (Å²) in [5, 5.41) is 3.11. The second kappa shape index (κ2) is 5.93. The van der Waals surface area contributed by atoms with E-state index in [4.69, 9.17) is 4.42 Å². The van der Waals surface area contributed by atoms with Gasteiger partial charge < -0.3 is 9.73 Å². The van der Waals surface area contributed by atoms with Crippen molar-refractivity contribution in [2.45, 2.75) is 33.9 Å². The standard InChI is InChI=1S/C12H22N2O/c1-5-14(6-2)9-11-7-10(3)12(15-11)8-13-4/h7,13H,5-6,8-9H2,1-4H3. The Morgan fingerprint density at radius 2 is 2.00 bits per heavy atom. The molecule has 3 nitrogen and oxygen atoms in total. The van der Waals surface area contributed by atoms with Crippen LogP contribution < -0.4 is 5.32 Å². The predicted molar refractivity (Wildman–Crippen MR) is 62.8 cm³/mol. The molecule has 1 aromatic heterocycles. The topological polar surface area (TPSA) is 28.4 Å². The van der Waals surface area contributed by atoms with Crippen molar-refractivity contribution in [2.24, 2.45) is 0 Å². The van der Waals surface area contributed by atoms with Gasteiger partial charge in [-0.2, -0.15) is 0 Å². The highest BCUT2D eigenvalue weighted by Gasteiger charge is 2.09. The molecule has 0 aliphatic heterocycles. The zero-order chi connectivity index (χ0) is 11.3. The van der Waals surface area contributed by atoms with Crippen LogP contribution in [0.15, 0.2) is 10.5 Å². The fourth-order valence-electron chi connectivity index (χ4n) is 1.67. The molecule has 0 saturated carbocycles. The summed E-state index contributed by atoms with van der Waals surface area (Å²) in [5.74, 6) is 2.13. The Bertz CT molecular complexity index is 290. The number of rotatable bonds is 6. The lowest BCUT2D eigenvalue weighted by molar-refractivity contribution is 0.265. The van der Waals surface area contributed by atoms with Crippen LogP contribution >= 0.6 is 0 Å². The first-order valence-electron chi connectivity index (χ1n) is 5.66.